The number of ether oxygens (including phenoxy) is 5. The lowest BCUT2D eigenvalue weighted by Gasteiger charge is -2.51. The smallest absolute Gasteiger partial charge is 0.174 e. The minimum atomic E-state index is -0.362. The molecular formula is C22H30O5. The van der Waals surface area contributed by atoms with Crippen molar-refractivity contribution in [3.8, 4) is 0 Å². The van der Waals surface area contributed by atoms with Crippen molar-refractivity contribution < 1.29 is 23.7 Å². The van der Waals surface area contributed by atoms with Gasteiger partial charge >= 0.3 is 0 Å². The molecule has 0 N–H and O–H groups in total. The van der Waals surface area contributed by atoms with Crippen LogP contribution in [0.2, 0.25) is 0 Å². The van der Waals surface area contributed by atoms with E-state index in [1.165, 1.54) is 12.8 Å². The highest BCUT2D eigenvalue weighted by molar-refractivity contribution is 5.43. The summed E-state index contributed by atoms with van der Waals surface area (Å²) < 4.78 is 31.3. The molecule has 6 fully saturated rings. The van der Waals surface area contributed by atoms with Crippen LogP contribution >= 0.6 is 0 Å². The van der Waals surface area contributed by atoms with Crippen molar-refractivity contribution in [3.05, 3.63) is 11.6 Å². The van der Waals surface area contributed by atoms with Crippen molar-refractivity contribution in [1.82, 2.24) is 0 Å². The van der Waals surface area contributed by atoms with Gasteiger partial charge in [0, 0.05) is 24.7 Å². The summed E-state index contributed by atoms with van der Waals surface area (Å²) in [5.74, 6) is 0.589. The summed E-state index contributed by atoms with van der Waals surface area (Å²) in [6.07, 6.45) is 11.2. The van der Waals surface area contributed by atoms with E-state index in [9.17, 15) is 0 Å². The molecule has 7 aliphatic rings. The van der Waals surface area contributed by atoms with Gasteiger partial charge in [-0.05, 0) is 49.5 Å². The molecule has 2 spiro atoms. The minimum Gasteiger partial charge on any atom is -0.358 e. The van der Waals surface area contributed by atoms with Crippen LogP contribution in [-0.2, 0) is 23.7 Å². The maximum atomic E-state index is 6.68. The largest absolute Gasteiger partial charge is 0.358 e. The van der Waals surface area contributed by atoms with Crippen LogP contribution in [0.3, 0.4) is 0 Å². The first kappa shape index (κ1) is 16.3. The van der Waals surface area contributed by atoms with Gasteiger partial charge in [0.15, 0.2) is 11.6 Å². The molecule has 5 heteroatoms. The highest BCUT2D eigenvalue weighted by Gasteiger charge is 2.80. The molecule has 0 amide bonds. The molecule has 0 aromatic heterocycles. The summed E-state index contributed by atoms with van der Waals surface area (Å²) in [6, 6.07) is 0. The third kappa shape index (κ3) is 1.73. The summed E-state index contributed by atoms with van der Waals surface area (Å²) in [4.78, 5) is 0. The summed E-state index contributed by atoms with van der Waals surface area (Å²) in [5, 5.41) is 0. The Morgan fingerprint density at radius 1 is 0.889 bits per heavy atom. The monoisotopic (exact) mass is 374 g/mol. The predicted molar refractivity (Wildman–Crippen MR) is 95.9 cm³/mol. The molecule has 3 saturated carbocycles. The first-order valence-electron chi connectivity index (χ1n) is 11.0. The van der Waals surface area contributed by atoms with Gasteiger partial charge in [-0.25, -0.2) is 0 Å². The fourth-order valence-electron chi connectivity index (χ4n) is 8.22. The van der Waals surface area contributed by atoms with E-state index in [4.69, 9.17) is 23.7 Å². The fourth-order valence-corrected chi connectivity index (χ4v) is 8.22. The molecule has 5 atom stereocenters. The third-order valence-electron chi connectivity index (χ3n) is 9.47. The number of fused-ring (bicyclic) bond motifs is 4. The van der Waals surface area contributed by atoms with Crippen molar-refractivity contribution in [2.24, 2.45) is 17.3 Å². The van der Waals surface area contributed by atoms with E-state index in [-0.39, 0.29) is 28.2 Å². The van der Waals surface area contributed by atoms with Crippen LogP contribution in [0.4, 0.5) is 0 Å². The zero-order chi connectivity index (χ0) is 18.0. The van der Waals surface area contributed by atoms with E-state index in [2.05, 4.69) is 13.0 Å². The molecule has 3 aliphatic heterocycles. The number of hydrogen-bond donors (Lipinski definition) is 0. The Hall–Kier alpha value is -0.460. The molecule has 0 aromatic carbocycles. The maximum absolute atomic E-state index is 6.68. The SMILES string of the molecule is C[C@]12CC=C3C(CC[C@@]45CC6(CC[C@@]34O5)OCCO6)C1CCC21OCCO1. The van der Waals surface area contributed by atoms with Gasteiger partial charge in [-0.15, -0.1) is 0 Å². The van der Waals surface area contributed by atoms with E-state index in [0.29, 0.717) is 11.8 Å². The summed E-state index contributed by atoms with van der Waals surface area (Å²) in [6.45, 7) is 5.39. The Labute approximate surface area is 160 Å². The highest BCUT2D eigenvalue weighted by Crippen LogP contribution is 2.74. The molecule has 5 nitrogen and oxygen atoms in total. The standard InChI is InChI=1S/C22H30O5/c1-18-5-3-17-15(16(18)4-7-22(18)25-12-13-26-22)2-6-19-14-20(23-10-11-24-20)8-9-21(17,19)27-19/h3,15-16H,2,4-14H2,1H3/t15?,16?,18-,19+,21+/m0/s1. The van der Waals surface area contributed by atoms with E-state index in [1.807, 2.05) is 0 Å². The van der Waals surface area contributed by atoms with E-state index in [0.717, 1.165) is 65.0 Å². The second-order valence-corrected chi connectivity index (χ2v) is 10.2. The minimum absolute atomic E-state index is 0.0229. The van der Waals surface area contributed by atoms with Crippen LogP contribution in [0.15, 0.2) is 11.6 Å². The number of rotatable bonds is 0. The van der Waals surface area contributed by atoms with Crippen LogP contribution in [0.25, 0.3) is 0 Å². The maximum Gasteiger partial charge on any atom is 0.174 e. The van der Waals surface area contributed by atoms with Crippen molar-refractivity contribution in [2.45, 2.75) is 81.1 Å². The molecule has 3 saturated heterocycles. The molecule has 27 heavy (non-hydrogen) atoms. The van der Waals surface area contributed by atoms with Gasteiger partial charge in [-0.3, -0.25) is 0 Å². The Kier molecular flexibility index (Phi) is 2.91. The quantitative estimate of drug-likeness (QED) is 0.481. The van der Waals surface area contributed by atoms with E-state index in [1.54, 1.807) is 5.57 Å². The van der Waals surface area contributed by atoms with Crippen molar-refractivity contribution in [1.29, 1.82) is 0 Å². The van der Waals surface area contributed by atoms with Crippen LogP contribution in [-0.4, -0.2) is 49.2 Å². The Bertz CT molecular complexity index is 720. The number of epoxide rings is 1. The Morgan fingerprint density at radius 2 is 1.67 bits per heavy atom. The average Bonchev–Trinajstić information content (AvgIpc) is 3.04. The van der Waals surface area contributed by atoms with Gasteiger partial charge in [0.25, 0.3) is 0 Å². The lowest BCUT2D eigenvalue weighted by Crippen LogP contribution is -2.54. The van der Waals surface area contributed by atoms with Crippen molar-refractivity contribution in [2.75, 3.05) is 26.4 Å². The zero-order valence-electron chi connectivity index (χ0n) is 16.3. The zero-order valence-corrected chi connectivity index (χ0v) is 16.3. The van der Waals surface area contributed by atoms with Crippen LogP contribution in [0.5, 0.6) is 0 Å². The Morgan fingerprint density at radius 3 is 2.48 bits per heavy atom. The second-order valence-electron chi connectivity index (χ2n) is 10.2. The van der Waals surface area contributed by atoms with Gasteiger partial charge in [-0.1, -0.05) is 13.0 Å². The van der Waals surface area contributed by atoms with E-state index < -0.39 is 0 Å². The van der Waals surface area contributed by atoms with Crippen molar-refractivity contribution in [3.63, 3.8) is 0 Å². The van der Waals surface area contributed by atoms with Crippen LogP contribution < -0.4 is 0 Å². The number of hydrogen-bond acceptors (Lipinski definition) is 5. The van der Waals surface area contributed by atoms with Gasteiger partial charge in [0.05, 0.1) is 26.4 Å². The van der Waals surface area contributed by atoms with Gasteiger partial charge in [0.2, 0.25) is 0 Å². The van der Waals surface area contributed by atoms with Gasteiger partial charge < -0.3 is 23.7 Å². The van der Waals surface area contributed by atoms with Gasteiger partial charge in [0.1, 0.15) is 11.2 Å². The summed E-state index contributed by atoms with van der Waals surface area (Å²) in [5.41, 5.74) is 1.67. The van der Waals surface area contributed by atoms with Crippen LogP contribution in [0.1, 0.15) is 58.3 Å². The molecule has 3 heterocycles. The van der Waals surface area contributed by atoms with Crippen molar-refractivity contribution >= 4 is 0 Å². The fraction of sp³-hybridized carbons (Fsp3) is 0.909. The lowest BCUT2D eigenvalue weighted by molar-refractivity contribution is -0.228. The molecule has 0 bridgehead atoms. The second kappa shape index (κ2) is 4.81. The number of allylic oxidation sites excluding steroid dienone is 1. The Balaban J connectivity index is 1.24. The van der Waals surface area contributed by atoms with Gasteiger partial charge in [-0.2, -0.15) is 0 Å². The molecule has 148 valence electrons. The van der Waals surface area contributed by atoms with E-state index >= 15 is 0 Å². The highest BCUT2D eigenvalue weighted by atomic mass is 16.7. The summed E-state index contributed by atoms with van der Waals surface area (Å²) >= 11 is 0. The molecular weight excluding hydrogens is 344 g/mol. The molecule has 0 aromatic rings. The predicted octanol–water partition coefficient (Wildman–Crippen LogP) is 3.32. The molecule has 2 unspecified atom stereocenters. The molecule has 7 rings (SSSR count). The third-order valence-corrected chi connectivity index (χ3v) is 9.47. The topological polar surface area (TPSA) is 49.5 Å². The normalized spacial score (nSPS) is 53.6. The average molecular weight is 374 g/mol. The molecule has 4 aliphatic carbocycles. The first-order valence-corrected chi connectivity index (χ1v) is 11.0. The van der Waals surface area contributed by atoms with Crippen LogP contribution in [0, 0.1) is 17.3 Å². The summed E-state index contributed by atoms with van der Waals surface area (Å²) in [7, 11) is 0. The lowest BCUT2D eigenvalue weighted by atomic mass is 9.54. The first-order chi connectivity index (χ1) is 13.1. The molecule has 0 radical (unpaired) electrons.